The largest absolute Gasteiger partial charge is 0.0622 e. The summed E-state index contributed by atoms with van der Waals surface area (Å²) in [5, 5.41) is 0. The van der Waals surface area contributed by atoms with Crippen LogP contribution < -0.4 is 0 Å². The molecule has 3 aliphatic carbocycles. The maximum absolute atomic E-state index is 2.46. The van der Waals surface area contributed by atoms with Crippen molar-refractivity contribution in [2.75, 3.05) is 0 Å². The molecule has 3 aliphatic rings. The van der Waals surface area contributed by atoms with Gasteiger partial charge in [-0.05, 0) is 42.4 Å². The predicted molar refractivity (Wildman–Crippen MR) is 37.0 cm³/mol. The summed E-state index contributed by atoms with van der Waals surface area (Å²) in [7, 11) is 0. The highest BCUT2D eigenvalue weighted by molar-refractivity contribution is 5.12. The van der Waals surface area contributed by atoms with E-state index >= 15 is 0 Å². The number of hydrogen-bond donors (Lipinski definition) is 0. The molecule has 3 fully saturated rings. The summed E-state index contributed by atoms with van der Waals surface area (Å²) >= 11 is 0. The first-order valence-electron chi connectivity index (χ1n) is 4.38. The Morgan fingerprint density at radius 3 is 2.67 bits per heavy atom. The van der Waals surface area contributed by atoms with E-state index in [4.69, 9.17) is 0 Å². The highest BCUT2D eigenvalue weighted by Crippen LogP contribution is 2.70. The van der Waals surface area contributed by atoms with Gasteiger partial charge >= 0.3 is 0 Å². The van der Waals surface area contributed by atoms with Gasteiger partial charge in [0.1, 0.15) is 0 Å². The summed E-state index contributed by atoms with van der Waals surface area (Å²) in [5.74, 6) is 5.98. The molecule has 0 amide bonds. The van der Waals surface area contributed by atoms with Crippen molar-refractivity contribution >= 4 is 0 Å². The first-order chi connectivity index (χ1) is 4.38. The highest BCUT2D eigenvalue weighted by Gasteiger charge is 2.64. The average molecular weight is 122 g/mol. The minimum Gasteiger partial charge on any atom is -0.0622 e. The summed E-state index contributed by atoms with van der Waals surface area (Å²) in [6, 6.07) is 0. The second kappa shape index (κ2) is 1.21. The monoisotopic (exact) mass is 122 g/mol. The van der Waals surface area contributed by atoms with Crippen molar-refractivity contribution in [3.63, 3.8) is 0 Å². The van der Waals surface area contributed by atoms with Crippen LogP contribution in [0, 0.1) is 29.6 Å². The third-order valence-electron chi connectivity index (χ3n) is 4.04. The van der Waals surface area contributed by atoms with Crippen LogP contribution in [0.3, 0.4) is 0 Å². The van der Waals surface area contributed by atoms with Crippen LogP contribution in [0.25, 0.3) is 0 Å². The fourth-order valence-corrected chi connectivity index (χ4v) is 3.53. The molecule has 3 saturated carbocycles. The van der Waals surface area contributed by atoms with Crippen molar-refractivity contribution in [1.29, 1.82) is 0 Å². The molecule has 0 nitrogen and oxygen atoms in total. The van der Waals surface area contributed by atoms with E-state index in [9.17, 15) is 0 Å². The molecule has 0 spiro atoms. The molecule has 5 atom stereocenters. The van der Waals surface area contributed by atoms with Gasteiger partial charge in [0.25, 0.3) is 0 Å². The van der Waals surface area contributed by atoms with Crippen LogP contribution in [-0.2, 0) is 0 Å². The van der Waals surface area contributed by atoms with Gasteiger partial charge in [-0.3, -0.25) is 0 Å². The fraction of sp³-hybridized carbons (Fsp3) is 1.00. The lowest BCUT2D eigenvalue weighted by molar-refractivity contribution is 0.158. The summed E-state index contributed by atoms with van der Waals surface area (Å²) in [6.07, 6.45) is 4.73. The molecule has 0 saturated heterocycles. The number of fused-ring (bicyclic) bond motifs is 4. The van der Waals surface area contributed by atoms with E-state index in [0.717, 1.165) is 5.92 Å². The molecule has 0 aromatic carbocycles. The molecular formula is C9H14. The number of rotatable bonds is 0. The van der Waals surface area contributed by atoms with E-state index in [2.05, 4.69) is 6.92 Å². The molecule has 0 heterocycles. The van der Waals surface area contributed by atoms with Gasteiger partial charge in [0.05, 0.1) is 0 Å². The van der Waals surface area contributed by atoms with Gasteiger partial charge in [-0.25, -0.2) is 0 Å². The SMILES string of the molecule is CC1CCC2C3CC3C12. The van der Waals surface area contributed by atoms with Gasteiger partial charge in [-0.1, -0.05) is 13.3 Å². The highest BCUT2D eigenvalue weighted by atomic mass is 14.7. The second-order valence-electron chi connectivity index (χ2n) is 4.36. The molecule has 0 N–H and O–H groups in total. The van der Waals surface area contributed by atoms with Crippen molar-refractivity contribution in [3.8, 4) is 0 Å². The van der Waals surface area contributed by atoms with Crippen LogP contribution in [0.4, 0.5) is 0 Å². The second-order valence-corrected chi connectivity index (χ2v) is 4.36. The van der Waals surface area contributed by atoms with Gasteiger partial charge in [-0.2, -0.15) is 0 Å². The summed E-state index contributed by atoms with van der Waals surface area (Å²) < 4.78 is 0. The zero-order valence-electron chi connectivity index (χ0n) is 6.01. The fourth-order valence-electron chi connectivity index (χ4n) is 3.53. The Kier molecular flexibility index (Phi) is 0.640. The molecule has 0 aromatic rings. The van der Waals surface area contributed by atoms with Crippen molar-refractivity contribution in [2.24, 2.45) is 29.6 Å². The minimum atomic E-state index is 1.10. The first-order valence-corrected chi connectivity index (χ1v) is 4.38. The van der Waals surface area contributed by atoms with Crippen molar-refractivity contribution in [3.05, 3.63) is 0 Å². The van der Waals surface area contributed by atoms with Crippen molar-refractivity contribution < 1.29 is 0 Å². The number of hydrogen-bond acceptors (Lipinski definition) is 0. The molecule has 50 valence electrons. The molecule has 0 aliphatic heterocycles. The lowest BCUT2D eigenvalue weighted by atomic mass is 9.73. The first kappa shape index (κ1) is 4.76. The molecule has 3 rings (SSSR count). The zero-order valence-corrected chi connectivity index (χ0v) is 6.01. The zero-order chi connectivity index (χ0) is 6.01. The van der Waals surface area contributed by atoms with Gasteiger partial charge in [0.15, 0.2) is 0 Å². The minimum absolute atomic E-state index is 1.10. The van der Waals surface area contributed by atoms with Crippen LogP contribution in [0.1, 0.15) is 26.2 Å². The predicted octanol–water partition coefficient (Wildman–Crippen LogP) is 2.30. The van der Waals surface area contributed by atoms with Crippen LogP contribution in [0.2, 0.25) is 0 Å². The van der Waals surface area contributed by atoms with Crippen molar-refractivity contribution in [2.45, 2.75) is 26.2 Å². The van der Waals surface area contributed by atoms with Crippen LogP contribution in [-0.4, -0.2) is 0 Å². The molecule has 0 radical (unpaired) electrons. The Morgan fingerprint density at radius 1 is 1.00 bits per heavy atom. The molecule has 0 heteroatoms. The maximum Gasteiger partial charge on any atom is -0.0326 e. The lowest BCUT2D eigenvalue weighted by Crippen LogP contribution is -2.27. The Balaban J connectivity index is 1.89. The smallest absolute Gasteiger partial charge is 0.0326 e. The summed E-state index contributed by atoms with van der Waals surface area (Å²) in [5.41, 5.74) is 0. The Labute approximate surface area is 56.6 Å². The molecule has 9 heavy (non-hydrogen) atoms. The Hall–Kier alpha value is 0. The van der Waals surface area contributed by atoms with Crippen LogP contribution in [0.15, 0.2) is 0 Å². The average Bonchev–Trinajstić information content (AvgIpc) is 2.38. The van der Waals surface area contributed by atoms with Gasteiger partial charge in [0.2, 0.25) is 0 Å². The van der Waals surface area contributed by atoms with E-state index in [1.807, 2.05) is 0 Å². The van der Waals surface area contributed by atoms with Gasteiger partial charge in [0, 0.05) is 0 Å². The summed E-state index contributed by atoms with van der Waals surface area (Å²) in [6.45, 7) is 2.46. The Bertz CT molecular complexity index is 150. The standard InChI is InChI=1S/C9H14/c1-5-2-3-6-7-4-8(7)9(5)6/h5-9H,2-4H2,1H3. The summed E-state index contributed by atoms with van der Waals surface area (Å²) in [4.78, 5) is 0. The quantitative estimate of drug-likeness (QED) is 0.462. The van der Waals surface area contributed by atoms with E-state index in [1.165, 1.54) is 23.7 Å². The third kappa shape index (κ3) is 0.395. The molecule has 5 unspecified atom stereocenters. The lowest BCUT2D eigenvalue weighted by Gasteiger charge is -2.31. The van der Waals surface area contributed by atoms with Gasteiger partial charge < -0.3 is 0 Å². The Morgan fingerprint density at radius 2 is 1.89 bits per heavy atom. The van der Waals surface area contributed by atoms with Gasteiger partial charge in [-0.15, -0.1) is 0 Å². The van der Waals surface area contributed by atoms with E-state index in [1.54, 1.807) is 19.3 Å². The van der Waals surface area contributed by atoms with E-state index in [0.29, 0.717) is 0 Å². The topological polar surface area (TPSA) is 0 Å². The van der Waals surface area contributed by atoms with E-state index in [-0.39, 0.29) is 0 Å². The molecular weight excluding hydrogens is 108 g/mol. The van der Waals surface area contributed by atoms with E-state index < -0.39 is 0 Å². The maximum atomic E-state index is 2.46. The third-order valence-corrected chi connectivity index (χ3v) is 4.04. The van der Waals surface area contributed by atoms with Crippen LogP contribution in [0.5, 0.6) is 0 Å². The molecule has 0 aromatic heterocycles. The normalized spacial score (nSPS) is 68.3. The van der Waals surface area contributed by atoms with Crippen molar-refractivity contribution in [1.82, 2.24) is 0 Å². The molecule has 0 bridgehead atoms. The van der Waals surface area contributed by atoms with Crippen LogP contribution >= 0.6 is 0 Å².